The SMILES string of the molecule is C=C(O)CCC/C=C/C=C/C(CCCCC)C(/C=C/C=C/CCCCC)CCCC(=O)O.C=C(O)CCC/C=C/C=C/C(CCCCC)C(/C=C/C=C\CCCCC)CCCC(=O)O. The van der Waals surface area contributed by atoms with Gasteiger partial charge in [0.1, 0.15) is 0 Å². The summed E-state index contributed by atoms with van der Waals surface area (Å²) in [6.07, 6.45) is 63.0. The Morgan fingerprint density at radius 3 is 0.891 bits per heavy atom. The second-order valence-corrected chi connectivity index (χ2v) is 17.4. The Kier molecular flexibility index (Phi) is 46.9. The van der Waals surface area contributed by atoms with Crippen LogP contribution in [-0.2, 0) is 9.59 Å². The Bertz CT molecular complexity index is 1270. The number of carbonyl (C=O) groups is 2. The van der Waals surface area contributed by atoms with Gasteiger partial charge in [-0.2, -0.15) is 0 Å². The number of carboxylic acids is 2. The molecule has 364 valence electrons. The second kappa shape index (κ2) is 48.4. The molecule has 0 aliphatic carbocycles. The van der Waals surface area contributed by atoms with E-state index in [1.54, 1.807) is 0 Å². The summed E-state index contributed by atoms with van der Waals surface area (Å²) in [6.45, 7) is 15.9. The van der Waals surface area contributed by atoms with Crippen molar-refractivity contribution in [2.45, 2.75) is 207 Å². The van der Waals surface area contributed by atoms with E-state index in [0.717, 1.165) is 64.2 Å². The summed E-state index contributed by atoms with van der Waals surface area (Å²) in [6, 6.07) is 0. The monoisotopic (exact) mass is 889 g/mol. The van der Waals surface area contributed by atoms with Crippen molar-refractivity contribution in [2.75, 3.05) is 0 Å². The van der Waals surface area contributed by atoms with E-state index >= 15 is 0 Å². The fourth-order valence-corrected chi connectivity index (χ4v) is 7.45. The highest BCUT2D eigenvalue weighted by molar-refractivity contribution is 5.66. The van der Waals surface area contributed by atoms with Crippen LogP contribution in [-0.4, -0.2) is 32.4 Å². The highest BCUT2D eigenvalue weighted by Gasteiger charge is 2.18. The van der Waals surface area contributed by atoms with Gasteiger partial charge in [-0.25, -0.2) is 0 Å². The van der Waals surface area contributed by atoms with Crippen molar-refractivity contribution in [3.8, 4) is 0 Å². The van der Waals surface area contributed by atoms with E-state index in [9.17, 15) is 9.59 Å². The minimum Gasteiger partial charge on any atom is -0.513 e. The van der Waals surface area contributed by atoms with Gasteiger partial charge in [-0.15, -0.1) is 0 Å². The van der Waals surface area contributed by atoms with Crippen LogP contribution in [0.15, 0.2) is 122 Å². The molecule has 64 heavy (non-hydrogen) atoms. The van der Waals surface area contributed by atoms with Crippen molar-refractivity contribution in [3.05, 3.63) is 122 Å². The van der Waals surface area contributed by atoms with E-state index in [4.69, 9.17) is 20.4 Å². The first kappa shape index (κ1) is 62.0. The summed E-state index contributed by atoms with van der Waals surface area (Å²) in [5, 5.41) is 36.4. The highest BCUT2D eigenvalue weighted by atomic mass is 16.4. The van der Waals surface area contributed by atoms with Gasteiger partial charge in [0.15, 0.2) is 0 Å². The average molecular weight is 889 g/mol. The molecule has 4 N–H and O–H groups in total. The molecule has 6 heteroatoms. The Morgan fingerprint density at radius 1 is 0.359 bits per heavy atom. The number of carboxylic acid groups (broad SMARTS) is 2. The third-order valence-corrected chi connectivity index (χ3v) is 11.3. The summed E-state index contributed by atoms with van der Waals surface area (Å²) in [4.78, 5) is 22.0. The molecule has 0 aromatic heterocycles. The van der Waals surface area contributed by atoms with Gasteiger partial charge in [0.25, 0.3) is 0 Å². The zero-order valence-corrected chi connectivity index (χ0v) is 41.4. The van der Waals surface area contributed by atoms with Gasteiger partial charge in [0.05, 0.1) is 11.5 Å². The summed E-state index contributed by atoms with van der Waals surface area (Å²) in [5.74, 6) is 0.623. The van der Waals surface area contributed by atoms with Gasteiger partial charge in [-0.1, -0.05) is 202 Å². The van der Waals surface area contributed by atoms with Crippen LogP contribution in [0.4, 0.5) is 0 Å². The van der Waals surface area contributed by atoms with Crippen LogP contribution in [0, 0.1) is 23.7 Å². The first-order valence-corrected chi connectivity index (χ1v) is 25.5. The van der Waals surface area contributed by atoms with Crippen molar-refractivity contribution < 1.29 is 30.0 Å². The lowest BCUT2D eigenvalue weighted by molar-refractivity contribution is -0.138. The maximum Gasteiger partial charge on any atom is 0.303 e. The Balaban J connectivity index is 0. The highest BCUT2D eigenvalue weighted by Crippen LogP contribution is 2.29. The normalized spacial score (nSPS) is 14.2. The van der Waals surface area contributed by atoms with Crippen LogP contribution in [0.5, 0.6) is 0 Å². The predicted molar refractivity (Wildman–Crippen MR) is 278 cm³/mol. The predicted octanol–water partition coefficient (Wildman–Crippen LogP) is 18.2. The van der Waals surface area contributed by atoms with E-state index < -0.39 is 11.9 Å². The van der Waals surface area contributed by atoms with Crippen molar-refractivity contribution >= 4 is 11.9 Å². The topological polar surface area (TPSA) is 115 Å². The molecule has 0 fully saturated rings. The zero-order chi connectivity index (χ0) is 47.7. The molecule has 0 bridgehead atoms. The lowest BCUT2D eigenvalue weighted by Crippen LogP contribution is -2.12. The molecule has 0 radical (unpaired) electrons. The van der Waals surface area contributed by atoms with Crippen molar-refractivity contribution in [2.24, 2.45) is 23.7 Å². The lowest BCUT2D eigenvalue weighted by Gasteiger charge is -2.22. The van der Waals surface area contributed by atoms with Crippen molar-refractivity contribution in [3.63, 3.8) is 0 Å². The Morgan fingerprint density at radius 2 is 0.625 bits per heavy atom. The van der Waals surface area contributed by atoms with Crippen LogP contribution in [0.1, 0.15) is 207 Å². The number of rotatable bonds is 42. The standard InChI is InChI=1S/2C29H48O3/c2*1-4-6-8-9-10-13-17-23-28(24-19-25-29(31)32)27(21-15-7-5-2)22-18-14-11-12-16-20-26(3)30/h2*10-11,13-14,17-18,22-23,27-28,30H,3-9,12,15-16,19-21,24-25H2,1-2H3,(H,31,32)/b13-10+,14-11+,22-18+,23-17+;13-10-,14-11+,22-18+,23-17+. The first-order chi connectivity index (χ1) is 31.0. The van der Waals surface area contributed by atoms with Crippen LogP contribution in [0.25, 0.3) is 0 Å². The number of hydrogen-bond acceptors (Lipinski definition) is 4. The maximum absolute atomic E-state index is 11.0. The fourth-order valence-electron chi connectivity index (χ4n) is 7.45. The zero-order valence-electron chi connectivity index (χ0n) is 41.4. The van der Waals surface area contributed by atoms with Crippen molar-refractivity contribution in [1.82, 2.24) is 0 Å². The quantitative estimate of drug-likeness (QED) is 0.0276. The minimum absolute atomic E-state index is 0.235. The van der Waals surface area contributed by atoms with Crippen LogP contribution in [0.2, 0.25) is 0 Å². The molecule has 0 aliphatic heterocycles. The van der Waals surface area contributed by atoms with E-state index in [-0.39, 0.29) is 24.4 Å². The average Bonchev–Trinajstić information content (AvgIpc) is 3.25. The third-order valence-electron chi connectivity index (χ3n) is 11.3. The third kappa shape index (κ3) is 45.9. The van der Waals surface area contributed by atoms with Gasteiger partial charge in [-0.3, -0.25) is 9.59 Å². The van der Waals surface area contributed by atoms with Gasteiger partial charge >= 0.3 is 11.9 Å². The molecular weight excluding hydrogens is 793 g/mol. The Hall–Kier alpha value is -4.06. The number of unbranched alkanes of at least 4 members (excludes halogenated alkanes) is 12. The van der Waals surface area contributed by atoms with Gasteiger partial charge < -0.3 is 20.4 Å². The number of hydrogen-bond donors (Lipinski definition) is 4. The van der Waals surface area contributed by atoms with E-state index in [1.165, 1.54) is 77.0 Å². The Labute approximate surface area is 393 Å². The molecule has 0 aromatic carbocycles. The van der Waals surface area contributed by atoms with Crippen LogP contribution >= 0.6 is 0 Å². The van der Waals surface area contributed by atoms with E-state index in [1.807, 2.05) is 0 Å². The number of allylic oxidation sites excluding steroid dienone is 18. The van der Waals surface area contributed by atoms with E-state index in [0.29, 0.717) is 49.4 Å². The van der Waals surface area contributed by atoms with Crippen LogP contribution in [0.3, 0.4) is 0 Å². The lowest BCUT2D eigenvalue weighted by atomic mass is 9.83. The first-order valence-electron chi connectivity index (χ1n) is 25.5. The summed E-state index contributed by atoms with van der Waals surface area (Å²) in [7, 11) is 0. The molecule has 4 atom stereocenters. The number of aliphatic hydroxyl groups excluding tert-OH is 2. The summed E-state index contributed by atoms with van der Waals surface area (Å²) >= 11 is 0. The fraction of sp³-hybridized carbons (Fsp3) is 0.621. The van der Waals surface area contributed by atoms with Gasteiger partial charge in [-0.05, 0) is 114 Å². The smallest absolute Gasteiger partial charge is 0.303 e. The van der Waals surface area contributed by atoms with Crippen LogP contribution < -0.4 is 0 Å². The van der Waals surface area contributed by atoms with Gasteiger partial charge in [0.2, 0.25) is 0 Å². The molecular formula is C58H96O6. The molecule has 0 saturated carbocycles. The second-order valence-electron chi connectivity index (χ2n) is 17.4. The maximum atomic E-state index is 11.0. The molecule has 4 unspecified atom stereocenters. The van der Waals surface area contributed by atoms with Crippen molar-refractivity contribution in [1.29, 1.82) is 0 Å². The number of aliphatic hydroxyl groups is 2. The molecule has 0 aliphatic rings. The molecule has 0 saturated heterocycles. The number of aliphatic carboxylic acids is 2. The molecule has 0 amide bonds. The largest absolute Gasteiger partial charge is 0.513 e. The van der Waals surface area contributed by atoms with Gasteiger partial charge in [0, 0.05) is 25.7 Å². The van der Waals surface area contributed by atoms with E-state index in [2.05, 4.69) is 138 Å². The molecule has 0 aromatic rings. The molecule has 0 spiro atoms. The molecule has 6 nitrogen and oxygen atoms in total. The summed E-state index contributed by atoms with van der Waals surface area (Å²) < 4.78 is 0. The minimum atomic E-state index is -0.713. The summed E-state index contributed by atoms with van der Waals surface area (Å²) in [5.41, 5.74) is 0. The molecule has 0 heterocycles. The molecule has 0 rings (SSSR count).